The van der Waals surface area contributed by atoms with Gasteiger partial charge < -0.3 is 48.7 Å². The molecule has 0 aromatic rings. The average Bonchev–Trinajstić information content (AvgIpc) is 3.27. The lowest BCUT2D eigenvalue weighted by Gasteiger charge is -2.26. The van der Waals surface area contributed by atoms with Crippen molar-refractivity contribution in [3.05, 3.63) is 0 Å². The van der Waals surface area contributed by atoms with Crippen molar-refractivity contribution in [2.45, 2.75) is 69.3 Å². The van der Waals surface area contributed by atoms with Crippen LogP contribution in [0.25, 0.3) is 0 Å². The summed E-state index contributed by atoms with van der Waals surface area (Å²) in [5.41, 5.74) is 15.6. The number of aliphatic hydroxyl groups is 1. The molecule has 15 heteroatoms. The van der Waals surface area contributed by atoms with Crippen LogP contribution in [0.3, 0.4) is 0 Å². The first-order valence-electron chi connectivity index (χ1n) is 10.8. The van der Waals surface area contributed by atoms with E-state index >= 15 is 0 Å². The van der Waals surface area contributed by atoms with Crippen LogP contribution in [0.1, 0.15) is 39.0 Å². The lowest BCUT2D eigenvalue weighted by atomic mass is 10.1. The molecular weight excluding hydrogens is 452 g/mol. The quantitative estimate of drug-likeness (QED) is 0.0646. The van der Waals surface area contributed by atoms with E-state index in [0.717, 1.165) is 6.42 Å². The number of carbonyl (C=O) groups excluding carboxylic acids is 4. The van der Waals surface area contributed by atoms with Crippen LogP contribution in [0, 0.1) is 0 Å². The molecule has 1 fully saturated rings. The normalized spacial score (nSPS) is 18.6. The van der Waals surface area contributed by atoms with Gasteiger partial charge >= 0.3 is 5.97 Å². The number of aliphatic hydroxyl groups excluding tert-OH is 1. The first kappa shape index (κ1) is 28.6. The Labute approximate surface area is 196 Å². The third-order valence-electron chi connectivity index (χ3n) is 5.04. The van der Waals surface area contributed by atoms with Crippen molar-refractivity contribution in [3.63, 3.8) is 0 Å². The van der Waals surface area contributed by atoms with Gasteiger partial charge in [-0.15, -0.1) is 0 Å². The largest absolute Gasteiger partial charge is 0.480 e. The molecular formula is C19H34N8O7. The second-order valence-electron chi connectivity index (χ2n) is 7.96. The Morgan fingerprint density at radius 1 is 1.06 bits per heavy atom. The Kier molecular flexibility index (Phi) is 11.7. The molecule has 4 amide bonds. The molecule has 0 radical (unpaired) electrons. The smallest absolute Gasteiger partial charge is 0.326 e. The van der Waals surface area contributed by atoms with E-state index in [1.165, 1.54) is 6.92 Å². The molecule has 12 N–H and O–H groups in total. The fourth-order valence-electron chi connectivity index (χ4n) is 3.27. The van der Waals surface area contributed by atoms with Crippen molar-refractivity contribution in [2.24, 2.45) is 22.2 Å². The summed E-state index contributed by atoms with van der Waals surface area (Å²) < 4.78 is 0. The van der Waals surface area contributed by atoms with Gasteiger partial charge in [0.2, 0.25) is 23.6 Å². The minimum atomic E-state index is -1.53. The lowest BCUT2D eigenvalue weighted by molar-refractivity contribution is -0.142. The molecule has 1 rings (SSSR count). The van der Waals surface area contributed by atoms with Crippen LogP contribution in [0.15, 0.2) is 4.99 Å². The van der Waals surface area contributed by atoms with Crippen molar-refractivity contribution >= 4 is 35.6 Å². The van der Waals surface area contributed by atoms with Gasteiger partial charge in [0.15, 0.2) is 5.96 Å². The summed E-state index contributed by atoms with van der Waals surface area (Å²) in [7, 11) is 0. The third kappa shape index (κ3) is 9.99. The zero-order valence-corrected chi connectivity index (χ0v) is 19.0. The Balaban J connectivity index is 2.85. The Bertz CT molecular complexity index is 779. The standard InChI is InChI=1S/C19H34N8O7/c1-9(28)14(27-15(30)10-4-2-6-23-10)17(32)26-12(8-13(20)29)16(31)25-11(18(33)34)5-3-7-24-19(21)22/h9-12,14,23,28H,2-8H2,1H3,(H2,20,29)(H,25,31)(H,26,32)(H,27,30)(H,33,34)(H4,21,22,24). The van der Waals surface area contributed by atoms with Gasteiger partial charge in [0.05, 0.1) is 18.6 Å². The Morgan fingerprint density at radius 2 is 1.71 bits per heavy atom. The Morgan fingerprint density at radius 3 is 2.21 bits per heavy atom. The van der Waals surface area contributed by atoms with Crippen LogP contribution in [-0.4, -0.2) is 89.1 Å². The van der Waals surface area contributed by atoms with E-state index in [1.807, 2.05) is 0 Å². The topological polar surface area (TPSA) is 264 Å². The van der Waals surface area contributed by atoms with E-state index in [9.17, 15) is 34.2 Å². The molecule has 1 saturated heterocycles. The number of nitrogens with two attached hydrogens (primary N) is 3. The van der Waals surface area contributed by atoms with Gasteiger partial charge in [-0.3, -0.25) is 24.2 Å². The average molecular weight is 487 g/mol. The maximum Gasteiger partial charge on any atom is 0.326 e. The molecule has 0 saturated carbocycles. The maximum atomic E-state index is 12.7. The van der Waals surface area contributed by atoms with E-state index in [0.29, 0.717) is 13.0 Å². The number of aliphatic carboxylic acids is 1. The van der Waals surface area contributed by atoms with Gasteiger partial charge in [0.25, 0.3) is 0 Å². The molecule has 0 bridgehead atoms. The maximum absolute atomic E-state index is 12.7. The van der Waals surface area contributed by atoms with Crippen LogP contribution in [-0.2, 0) is 24.0 Å². The van der Waals surface area contributed by atoms with E-state index in [-0.39, 0.29) is 25.3 Å². The summed E-state index contributed by atoms with van der Waals surface area (Å²) in [5.74, 6) is -4.87. The highest BCUT2D eigenvalue weighted by molar-refractivity contribution is 5.96. The molecule has 5 unspecified atom stereocenters. The fraction of sp³-hybridized carbons (Fsp3) is 0.684. The lowest BCUT2D eigenvalue weighted by Crippen LogP contribution is -2.60. The van der Waals surface area contributed by atoms with E-state index in [1.54, 1.807) is 0 Å². The molecule has 5 atom stereocenters. The first-order chi connectivity index (χ1) is 15.9. The van der Waals surface area contributed by atoms with Crippen LogP contribution < -0.4 is 38.5 Å². The predicted molar refractivity (Wildman–Crippen MR) is 120 cm³/mol. The van der Waals surface area contributed by atoms with E-state index in [2.05, 4.69) is 26.3 Å². The van der Waals surface area contributed by atoms with Gasteiger partial charge in [-0.05, 0) is 39.2 Å². The molecule has 0 aromatic carbocycles. The summed E-state index contributed by atoms with van der Waals surface area (Å²) in [6.45, 7) is 2.04. The summed E-state index contributed by atoms with van der Waals surface area (Å²) in [6.07, 6.45) is -0.427. The van der Waals surface area contributed by atoms with Crippen molar-refractivity contribution < 1.29 is 34.2 Å². The molecule has 1 aliphatic heterocycles. The van der Waals surface area contributed by atoms with Gasteiger partial charge in [-0.25, -0.2) is 4.79 Å². The number of guanidine groups is 1. The summed E-state index contributed by atoms with van der Waals surface area (Å²) in [6, 6.07) is -4.83. The van der Waals surface area contributed by atoms with E-state index in [4.69, 9.17) is 17.2 Å². The Hall–Kier alpha value is -3.46. The molecule has 0 spiro atoms. The fourth-order valence-corrected chi connectivity index (χ4v) is 3.27. The summed E-state index contributed by atoms with van der Waals surface area (Å²) in [5, 5.41) is 29.2. The molecule has 0 aliphatic carbocycles. The van der Waals surface area contributed by atoms with E-state index < -0.39 is 66.3 Å². The van der Waals surface area contributed by atoms with Crippen molar-refractivity contribution in [1.82, 2.24) is 21.3 Å². The number of hydrogen-bond acceptors (Lipinski definition) is 8. The second-order valence-corrected chi connectivity index (χ2v) is 7.96. The number of carboxylic acid groups (broad SMARTS) is 1. The number of nitrogens with one attached hydrogen (secondary N) is 4. The number of aliphatic imine (C=N–C) groups is 1. The van der Waals surface area contributed by atoms with Crippen LogP contribution in [0.2, 0.25) is 0 Å². The molecule has 34 heavy (non-hydrogen) atoms. The van der Waals surface area contributed by atoms with Crippen molar-refractivity contribution in [2.75, 3.05) is 13.1 Å². The molecule has 15 nitrogen and oxygen atoms in total. The van der Waals surface area contributed by atoms with Gasteiger partial charge in [0, 0.05) is 6.54 Å². The molecule has 192 valence electrons. The molecule has 0 aromatic heterocycles. The SMILES string of the molecule is CC(O)C(NC(=O)C1CCCN1)C(=O)NC(CC(N)=O)C(=O)NC(CCCN=C(N)N)C(=O)O. The number of rotatable bonds is 14. The van der Waals surface area contributed by atoms with Crippen molar-refractivity contribution in [1.29, 1.82) is 0 Å². The highest BCUT2D eigenvalue weighted by atomic mass is 16.4. The van der Waals surface area contributed by atoms with Crippen molar-refractivity contribution in [3.8, 4) is 0 Å². The highest BCUT2D eigenvalue weighted by Gasteiger charge is 2.34. The molecule has 1 heterocycles. The zero-order valence-electron chi connectivity index (χ0n) is 19.0. The molecule has 1 aliphatic rings. The minimum Gasteiger partial charge on any atom is -0.480 e. The number of hydrogen-bond donors (Lipinski definition) is 9. The monoisotopic (exact) mass is 486 g/mol. The van der Waals surface area contributed by atoms with Gasteiger partial charge in [0.1, 0.15) is 18.1 Å². The number of amides is 4. The number of carboxylic acids is 1. The van der Waals surface area contributed by atoms with Crippen LogP contribution >= 0.6 is 0 Å². The predicted octanol–water partition coefficient (Wildman–Crippen LogP) is -4.41. The summed E-state index contributed by atoms with van der Waals surface area (Å²) >= 11 is 0. The zero-order chi connectivity index (χ0) is 25.8. The number of nitrogens with zero attached hydrogens (tertiary/aromatic N) is 1. The highest BCUT2D eigenvalue weighted by Crippen LogP contribution is 2.07. The van der Waals surface area contributed by atoms with Gasteiger partial charge in [-0.1, -0.05) is 0 Å². The van der Waals surface area contributed by atoms with Crippen LogP contribution in [0.4, 0.5) is 0 Å². The third-order valence-corrected chi connectivity index (χ3v) is 5.04. The van der Waals surface area contributed by atoms with Gasteiger partial charge in [-0.2, -0.15) is 0 Å². The minimum absolute atomic E-state index is 0.0319. The number of carbonyl (C=O) groups is 5. The van der Waals surface area contributed by atoms with Crippen LogP contribution in [0.5, 0.6) is 0 Å². The summed E-state index contributed by atoms with van der Waals surface area (Å²) in [4.78, 5) is 64.4. The first-order valence-corrected chi connectivity index (χ1v) is 10.8. The number of primary amides is 1. The second kappa shape index (κ2) is 13.9.